The molecule has 5 heteroatoms. The fourth-order valence-corrected chi connectivity index (χ4v) is 2.15. The third-order valence-electron chi connectivity index (χ3n) is 2.69. The molecule has 0 atom stereocenters. The van der Waals surface area contributed by atoms with Crippen LogP contribution in [0.4, 0.5) is 11.5 Å². The first-order valence-corrected chi connectivity index (χ1v) is 6.73. The van der Waals surface area contributed by atoms with Crippen LogP contribution in [0, 0.1) is 18.3 Å². The molecule has 0 amide bonds. The molecule has 2 rings (SSSR count). The number of nitrogens with one attached hydrogen (secondary N) is 1. The fraction of sp³-hybridized carbons (Fsp3) is 0.231. The lowest BCUT2D eigenvalue weighted by Gasteiger charge is -2.07. The molecule has 1 aromatic carbocycles. The van der Waals surface area contributed by atoms with Gasteiger partial charge in [0.2, 0.25) is 0 Å². The van der Waals surface area contributed by atoms with Crippen molar-refractivity contribution in [2.45, 2.75) is 11.8 Å². The van der Waals surface area contributed by atoms with Crippen LogP contribution in [0.1, 0.15) is 11.3 Å². The van der Waals surface area contributed by atoms with Gasteiger partial charge in [-0.2, -0.15) is 10.4 Å². The molecule has 0 aliphatic heterocycles. The molecule has 0 saturated carbocycles. The van der Waals surface area contributed by atoms with Crippen molar-refractivity contribution in [3.05, 3.63) is 35.5 Å². The Morgan fingerprint density at radius 1 is 1.33 bits per heavy atom. The Balaban J connectivity index is 2.31. The van der Waals surface area contributed by atoms with Crippen LogP contribution in [0.25, 0.3) is 0 Å². The van der Waals surface area contributed by atoms with E-state index in [2.05, 4.69) is 16.5 Å². The lowest BCUT2D eigenvalue weighted by molar-refractivity contribution is 0.765. The van der Waals surface area contributed by atoms with Crippen molar-refractivity contribution in [3.8, 4) is 6.07 Å². The third kappa shape index (κ3) is 2.34. The van der Waals surface area contributed by atoms with Crippen molar-refractivity contribution in [1.29, 1.82) is 5.26 Å². The van der Waals surface area contributed by atoms with E-state index in [0.29, 0.717) is 5.56 Å². The number of nitriles is 1. The van der Waals surface area contributed by atoms with Gasteiger partial charge in [-0.3, -0.25) is 4.68 Å². The first-order valence-electron chi connectivity index (χ1n) is 5.50. The van der Waals surface area contributed by atoms with Gasteiger partial charge >= 0.3 is 0 Å². The summed E-state index contributed by atoms with van der Waals surface area (Å²) in [5.74, 6) is 0.729. The van der Waals surface area contributed by atoms with Crippen LogP contribution in [-0.4, -0.2) is 16.0 Å². The summed E-state index contributed by atoms with van der Waals surface area (Å²) in [6.45, 7) is 1.83. The van der Waals surface area contributed by atoms with Crippen LogP contribution >= 0.6 is 11.8 Å². The zero-order valence-electron chi connectivity index (χ0n) is 10.6. The van der Waals surface area contributed by atoms with E-state index in [4.69, 9.17) is 5.26 Å². The Morgan fingerprint density at radius 2 is 2.00 bits per heavy atom. The highest BCUT2D eigenvalue weighted by Gasteiger charge is 2.12. The largest absolute Gasteiger partial charge is 0.339 e. The van der Waals surface area contributed by atoms with Gasteiger partial charge in [-0.05, 0) is 37.4 Å². The Bertz CT molecular complexity index is 593. The van der Waals surface area contributed by atoms with E-state index < -0.39 is 0 Å². The van der Waals surface area contributed by atoms with E-state index in [9.17, 15) is 0 Å². The quantitative estimate of drug-likeness (QED) is 0.860. The standard InChI is InChI=1S/C13H14N4S/c1-9-12(8-14)13(17(2)16-9)15-10-4-6-11(18-3)7-5-10/h4-7,15H,1-3H3. The van der Waals surface area contributed by atoms with Crippen LogP contribution in [0.15, 0.2) is 29.2 Å². The molecule has 18 heavy (non-hydrogen) atoms. The van der Waals surface area contributed by atoms with Gasteiger partial charge in [0.1, 0.15) is 17.5 Å². The second kappa shape index (κ2) is 5.15. The molecule has 1 aromatic heterocycles. The Kier molecular flexibility index (Phi) is 3.58. The van der Waals surface area contributed by atoms with Crippen LogP contribution in [-0.2, 0) is 7.05 Å². The molecule has 92 valence electrons. The van der Waals surface area contributed by atoms with Crippen LogP contribution in [0.3, 0.4) is 0 Å². The second-order valence-electron chi connectivity index (χ2n) is 3.90. The minimum absolute atomic E-state index is 0.589. The third-order valence-corrected chi connectivity index (χ3v) is 3.43. The van der Waals surface area contributed by atoms with Crippen molar-refractivity contribution in [2.24, 2.45) is 7.05 Å². The zero-order chi connectivity index (χ0) is 13.1. The average Bonchev–Trinajstić information content (AvgIpc) is 2.64. The number of aryl methyl sites for hydroxylation is 2. The van der Waals surface area contributed by atoms with Gasteiger partial charge in [0.25, 0.3) is 0 Å². The van der Waals surface area contributed by atoms with Crippen LogP contribution in [0.2, 0.25) is 0 Å². The fourth-order valence-electron chi connectivity index (χ4n) is 1.75. The number of aromatic nitrogens is 2. The Labute approximate surface area is 111 Å². The van der Waals surface area contributed by atoms with E-state index in [0.717, 1.165) is 17.2 Å². The van der Waals surface area contributed by atoms with Gasteiger partial charge in [-0.15, -0.1) is 11.8 Å². The molecule has 0 aliphatic carbocycles. The van der Waals surface area contributed by atoms with Gasteiger partial charge < -0.3 is 5.32 Å². The van der Waals surface area contributed by atoms with Crippen LogP contribution < -0.4 is 5.32 Å². The number of hydrogen-bond donors (Lipinski definition) is 1. The van der Waals surface area contributed by atoms with Crippen LogP contribution in [0.5, 0.6) is 0 Å². The maximum absolute atomic E-state index is 9.13. The number of rotatable bonds is 3. The van der Waals surface area contributed by atoms with Crippen molar-refractivity contribution in [1.82, 2.24) is 9.78 Å². The van der Waals surface area contributed by atoms with Crippen molar-refractivity contribution in [3.63, 3.8) is 0 Å². The lowest BCUT2D eigenvalue weighted by atomic mass is 10.2. The summed E-state index contributed by atoms with van der Waals surface area (Å²) in [6, 6.07) is 10.3. The molecule has 1 N–H and O–H groups in total. The first-order chi connectivity index (χ1) is 8.65. The number of hydrogen-bond acceptors (Lipinski definition) is 4. The summed E-state index contributed by atoms with van der Waals surface area (Å²) in [5, 5.41) is 16.6. The van der Waals surface area contributed by atoms with E-state index in [1.807, 2.05) is 44.5 Å². The van der Waals surface area contributed by atoms with E-state index in [1.165, 1.54) is 4.90 Å². The topological polar surface area (TPSA) is 53.6 Å². The predicted molar refractivity (Wildman–Crippen MR) is 74.2 cm³/mol. The van der Waals surface area contributed by atoms with Gasteiger partial charge in [0, 0.05) is 17.6 Å². The second-order valence-corrected chi connectivity index (χ2v) is 4.78. The number of thioether (sulfide) groups is 1. The maximum Gasteiger partial charge on any atom is 0.146 e. The van der Waals surface area contributed by atoms with Gasteiger partial charge in [0.15, 0.2) is 0 Å². The SMILES string of the molecule is CSc1ccc(Nc2c(C#N)c(C)nn2C)cc1. The smallest absolute Gasteiger partial charge is 0.146 e. The molecule has 4 nitrogen and oxygen atoms in total. The number of benzene rings is 1. The average molecular weight is 258 g/mol. The molecule has 1 heterocycles. The van der Waals surface area contributed by atoms with Gasteiger partial charge in [-0.1, -0.05) is 0 Å². The highest BCUT2D eigenvalue weighted by atomic mass is 32.2. The molecular weight excluding hydrogens is 244 g/mol. The maximum atomic E-state index is 9.13. The zero-order valence-corrected chi connectivity index (χ0v) is 11.4. The van der Waals surface area contributed by atoms with E-state index >= 15 is 0 Å². The summed E-state index contributed by atoms with van der Waals surface area (Å²) in [5.41, 5.74) is 2.28. The molecule has 0 radical (unpaired) electrons. The number of anilines is 2. The Hall–Kier alpha value is -1.93. The van der Waals surface area contributed by atoms with Crippen molar-refractivity contribution >= 4 is 23.3 Å². The molecule has 0 bridgehead atoms. The molecule has 0 spiro atoms. The lowest BCUT2D eigenvalue weighted by Crippen LogP contribution is -2.00. The molecule has 0 aliphatic rings. The summed E-state index contributed by atoms with van der Waals surface area (Å²) in [7, 11) is 1.83. The molecule has 2 aromatic rings. The van der Waals surface area contributed by atoms with Gasteiger partial charge in [0.05, 0.1) is 5.69 Å². The van der Waals surface area contributed by atoms with E-state index in [-0.39, 0.29) is 0 Å². The summed E-state index contributed by atoms with van der Waals surface area (Å²) in [4.78, 5) is 1.21. The summed E-state index contributed by atoms with van der Waals surface area (Å²) < 4.78 is 1.69. The minimum Gasteiger partial charge on any atom is -0.339 e. The monoisotopic (exact) mass is 258 g/mol. The molecule has 0 saturated heterocycles. The predicted octanol–water partition coefficient (Wildman–Crippen LogP) is 3.07. The Morgan fingerprint density at radius 3 is 2.56 bits per heavy atom. The first kappa shape index (κ1) is 12.5. The molecular formula is C13H14N4S. The molecule has 0 unspecified atom stereocenters. The van der Waals surface area contributed by atoms with Crippen molar-refractivity contribution < 1.29 is 0 Å². The van der Waals surface area contributed by atoms with Crippen molar-refractivity contribution in [2.75, 3.05) is 11.6 Å². The normalized spacial score (nSPS) is 10.1. The summed E-state index contributed by atoms with van der Waals surface area (Å²) in [6.07, 6.45) is 2.04. The van der Waals surface area contributed by atoms with E-state index in [1.54, 1.807) is 16.4 Å². The minimum atomic E-state index is 0.589. The summed E-state index contributed by atoms with van der Waals surface area (Å²) >= 11 is 1.70. The number of nitrogens with zero attached hydrogens (tertiary/aromatic N) is 3. The molecule has 0 fully saturated rings. The highest BCUT2D eigenvalue weighted by Crippen LogP contribution is 2.24. The highest BCUT2D eigenvalue weighted by molar-refractivity contribution is 7.98. The van der Waals surface area contributed by atoms with Gasteiger partial charge in [-0.25, -0.2) is 0 Å².